The molecule has 0 spiro atoms. The van der Waals surface area contributed by atoms with Gasteiger partial charge in [-0.05, 0) is 45.2 Å². The van der Waals surface area contributed by atoms with Crippen molar-refractivity contribution in [2.75, 3.05) is 5.32 Å². The van der Waals surface area contributed by atoms with Crippen LogP contribution in [0.15, 0.2) is 43.1 Å². The van der Waals surface area contributed by atoms with Crippen molar-refractivity contribution in [2.24, 2.45) is 0 Å². The summed E-state index contributed by atoms with van der Waals surface area (Å²) in [4.78, 5) is 20.2. The minimum Gasteiger partial charge on any atom is -0.446 e. The first-order chi connectivity index (χ1) is 14.1. The number of aromatic amines is 1. The number of anilines is 2. The second kappa shape index (κ2) is 8.34. The second-order valence-electron chi connectivity index (χ2n) is 7.54. The van der Waals surface area contributed by atoms with E-state index >= 15 is 0 Å². The molecule has 3 aromatic heterocycles. The Kier molecular flexibility index (Phi) is 5.46. The van der Waals surface area contributed by atoms with Crippen LogP contribution < -0.4 is 10.6 Å². The highest BCUT2D eigenvalue weighted by molar-refractivity contribution is 5.67. The van der Waals surface area contributed by atoms with Gasteiger partial charge in [0, 0.05) is 36.1 Å². The third kappa shape index (κ3) is 4.74. The molecule has 1 amide bonds. The van der Waals surface area contributed by atoms with Crippen LogP contribution in [0.25, 0.3) is 5.69 Å². The first-order valence-corrected chi connectivity index (χ1v) is 9.80. The number of hydrogen-bond donors (Lipinski definition) is 3. The van der Waals surface area contributed by atoms with Gasteiger partial charge in [-0.25, -0.2) is 14.8 Å². The number of alkyl carbamates (subject to hydrolysis) is 1. The van der Waals surface area contributed by atoms with E-state index in [2.05, 4.69) is 30.8 Å². The largest absolute Gasteiger partial charge is 0.446 e. The summed E-state index contributed by atoms with van der Waals surface area (Å²) in [5, 5.41) is 13.4. The SMILES string of the molecule is CC(C)NC(=O)OC1CCC(c2cc(Nc3ccc(-n4ccnc4)cn3)n[nH]2)C1. The number of amides is 1. The molecule has 0 bridgehead atoms. The van der Waals surface area contributed by atoms with E-state index in [0.29, 0.717) is 17.6 Å². The van der Waals surface area contributed by atoms with Gasteiger partial charge in [0.2, 0.25) is 0 Å². The number of imidazole rings is 1. The number of pyridine rings is 1. The van der Waals surface area contributed by atoms with Crippen LogP contribution in [0.1, 0.15) is 44.7 Å². The number of rotatable bonds is 6. The maximum absolute atomic E-state index is 11.8. The van der Waals surface area contributed by atoms with E-state index in [9.17, 15) is 4.79 Å². The van der Waals surface area contributed by atoms with E-state index in [1.807, 2.05) is 42.8 Å². The van der Waals surface area contributed by atoms with E-state index < -0.39 is 0 Å². The van der Waals surface area contributed by atoms with Gasteiger partial charge in [0.1, 0.15) is 11.9 Å². The standard InChI is InChI=1S/C20H25N7O2/c1-13(2)23-20(28)29-16-5-3-14(9-16)17-10-19(26-25-17)24-18-6-4-15(11-22-18)27-8-7-21-12-27/h4,6-8,10-14,16H,3,5,9H2,1-2H3,(H,23,28)(H2,22,24,25,26). The van der Waals surface area contributed by atoms with Gasteiger partial charge in [-0.15, -0.1) is 0 Å². The van der Waals surface area contributed by atoms with Crippen LogP contribution >= 0.6 is 0 Å². The molecule has 0 saturated heterocycles. The molecule has 2 atom stereocenters. The fraction of sp³-hybridized carbons (Fsp3) is 0.400. The summed E-state index contributed by atoms with van der Waals surface area (Å²) in [6.07, 6.45) is 9.31. The number of carbonyl (C=O) groups excluding carboxylic acids is 1. The van der Waals surface area contributed by atoms with Gasteiger partial charge in [-0.3, -0.25) is 5.10 Å². The van der Waals surface area contributed by atoms with Crippen molar-refractivity contribution in [3.8, 4) is 5.69 Å². The Morgan fingerprint density at radius 3 is 2.93 bits per heavy atom. The molecule has 9 heteroatoms. The van der Waals surface area contributed by atoms with Crippen molar-refractivity contribution < 1.29 is 9.53 Å². The zero-order valence-corrected chi connectivity index (χ0v) is 16.5. The van der Waals surface area contributed by atoms with Gasteiger partial charge in [-0.1, -0.05) is 0 Å². The van der Waals surface area contributed by atoms with Gasteiger partial charge in [0.25, 0.3) is 0 Å². The molecule has 9 nitrogen and oxygen atoms in total. The third-order valence-electron chi connectivity index (χ3n) is 4.91. The number of aromatic nitrogens is 5. The van der Waals surface area contributed by atoms with Crippen LogP contribution in [0.2, 0.25) is 0 Å². The number of H-pyrrole nitrogens is 1. The third-order valence-corrected chi connectivity index (χ3v) is 4.91. The predicted octanol–water partition coefficient (Wildman–Crippen LogP) is 3.50. The van der Waals surface area contributed by atoms with Gasteiger partial charge in [-0.2, -0.15) is 5.10 Å². The van der Waals surface area contributed by atoms with Crippen molar-refractivity contribution >= 4 is 17.7 Å². The molecular weight excluding hydrogens is 370 g/mol. The monoisotopic (exact) mass is 395 g/mol. The van der Waals surface area contributed by atoms with E-state index in [0.717, 1.165) is 30.6 Å². The first-order valence-electron chi connectivity index (χ1n) is 9.80. The van der Waals surface area contributed by atoms with Crippen molar-refractivity contribution in [2.45, 2.75) is 51.2 Å². The highest BCUT2D eigenvalue weighted by atomic mass is 16.6. The van der Waals surface area contributed by atoms with Crippen LogP contribution in [-0.4, -0.2) is 43.0 Å². The molecule has 0 aromatic carbocycles. The number of carbonyl (C=O) groups is 1. The summed E-state index contributed by atoms with van der Waals surface area (Å²) in [6.45, 7) is 3.83. The number of ether oxygens (including phenoxy) is 1. The van der Waals surface area contributed by atoms with Crippen LogP contribution in [-0.2, 0) is 4.74 Å². The lowest BCUT2D eigenvalue weighted by Crippen LogP contribution is -2.33. The molecule has 29 heavy (non-hydrogen) atoms. The van der Waals surface area contributed by atoms with Crippen LogP contribution in [0.5, 0.6) is 0 Å². The first kappa shape index (κ1) is 19.0. The molecule has 152 valence electrons. The number of nitrogens with one attached hydrogen (secondary N) is 3. The molecule has 4 rings (SSSR count). The summed E-state index contributed by atoms with van der Waals surface area (Å²) in [7, 11) is 0. The normalized spacial score (nSPS) is 18.7. The Bertz CT molecular complexity index is 934. The Morgan fingerprint density at radius 2 is 2.21 bits per heavy atom. The lowest BCUT2D eigenvalue weighted by molar-refractivity contribution is 0.0981. The Balaban J connectivity index is 1.32. The zero-order valence-electron chi connectivity index (χ0n) is 16.5. The smallest absolute Gasteiger partial charge is 0.407 e. The summed E-state index contributed by atoms with van der Waals surface area (Å²) in [5.41, 5.74) is 1.98. The molecule has 1 fully saturated rings. The molecule has 3 aromatic rings. The van der Waals surface area contributed by atoms with Gasteiger partial charge >= 0.3 is 6.09 Å². The lowest BCUT2D eigenvalue weighted by atomic mass is 10.0. The van der Waals surface area contributed by atoms with E-state index in [4.69, 9.17) is 4.74 Å². The maximum Gasteiger partial charge on any atom is 0.407 e. The maximum atomic E-state index is 11.8. The van der Waals surface area contributed by atoms with Crippen LogP contribution in [0.4, 0.5) is 16.4 Å². The molecule has 1 saturated carbocycles. The lowest BCUT2D eigenvalue weighted by Gasteiger charge is -2.14. The predicted molar refractivity (Wildman–Crippen MR) is 108 cm³/mol. The molecule has 3 N–H and O–H groups in total. The zero-order chi connectivity index (χ0) is 20.2. The molecule has 0 aliphatic heterocycles. The van der Waals surface area contributed by atoms with Gasteiger partial charge in [0.15, 0.2) is 5.82 Å². The minimum atomic E-state index is -0.345. The van der Waals surface area contributed by atoms with Gasteiger partial charge in [0.05, 0.1) is 18.2 Å². The summed E-state index contributed by atoms with van der Waals surface area (Å²) >= 11 is 0. The fourth-order valence-electron chi connectivity index (χ4n) is 3.52. The highest BCUT2D eigenvalue weighted by Crippen LogP contribution is 2.36. The molecule has 0 radical (unpaired) electrons. The molecule has 1 aliphatic rings. The fourth-order valence-corrected chi connectivity index (χ4v) is 3.52. The van der Waals surface area contributed by atoms with Crippen molar-refractivity contribution in [1.29, 1.82) is 0 Å². The van der Waals surface area contributed by atoms with E-state index in [1.165, 1.54) is 0 Å². The Morgan fingerprint density at radius 1 is 1.31 bits per heavy atom. The quantitative estimate of drug-likeness (QED) is 0.589. The molecular formula is C20H25N7O2. The van der Waals surface area contributed by atoms with Gasteiger partial charge < -0.3 is 19.9 Å². The van der Waals surface area contributed by atoms with Crippen molar-refractivity contribution in [3.63, 3.8) is 0 Å². The minimum absolute atomic E-state index is 0.0594. The van der Waals surface area contributed by atoms with Crippen molar-refractivity contribution in [3.05, 3.63) is 48.8 Å². The number of hydrogen-bond acceptors (Lipinski definition) is 6. The molecule has 3 heterocycles. The summed E-state index contributed by atoms with van der Waals surface area (Å²) in [5.74, 6) is 1.72. The highest BCUT2D eigenvalue weighted by Gasteiger charge is 2.30. The second-order valence-corrected chi connectivity index (χ2v) is 7.54. The van der Waals surface area contributed by atoms with Crippen LogP contribution in [0, 0.1) is 0 Å². The Hall–Kier alpha value is -3.36. The topological polar surface area (TPSA) is 110 Å². The van der Waals surface area contributed by atoms with Crippen molar-refractivity contribution in [1.82, 2.24) is 30.0 Å². The van der Waals surface area contributed by atoms with Crippen LogP contribution in [0.3, 0.4) is 0 Å². The van der Waals surface area contributed by atoms with E-state index in [1.54, 1.807) is 18.7 Å². The van der Waals surface area contributed by atoms with E-state index in [-0.39, 0.29) is 18.2 Å². The average molecular weight is 395 g/mol. The number of nitrogens with zero attached hydrogens (tertiary/aromatic N) is 4. The Labute approximate surface area is 168 Å². The molecule has 2 unspecified atom stereocenters. The average Bonchev–Trinajstić information content (AvgIpc) is 3.43. The summed E-state index contributed by atoms with van der Waals surface area (Å²) < 4.78 is 7.39. The summed E-state index contributed by atoms with van der Waals surface area (Å²) in [6, 6.07) is 5.93. The molecule has 1 aliphatic carbocycles.